The molecule has 0 radical (unpaired) electrons. The number of aromatic nitrogens is 2. The molecule has 1 aliphatic carbocycles. The van der Waals surface area contributed by atoms with Crippen molar-refractivity contribution in [2.45, 2.75) is 18.3 Å². The van der Waals surface area contributed by atoms with E-state index >= 15 is 0 Å². The summed E-state index contributed by atoms with van der Waals surface area (Å²) in [6, 6.07) is 7.34. The second kappa shape index (κ2) is 5.12. The van der Waals surface area contributed by atoms with E-state index in [1.807, 2.05) is 24.3 Å². The molecule has 2 atom stereocenters. The van der Waals surface area contributed by atoms with Gasteiger partial charge in [-0.3, -0.25) is 9.59 Å². The standard InChI is InChI=1S/C15H14N2O4/c1-20-14(18)8-7-9(15(19)21-2)13-12(8)16-10-5-3-4-6-11(10)17-13/h3-6,8-9H,7H2,1-2H3. The first-order valence-electron chi connectivity index (χ1n) is 6.58. The van der Waals surface area contributed by atoms with Crippen LogP contribution in [0.5, 0.6) is 0 Å². The number of esters is 2. The van der Waals surface area contributed by atoms with Gasteiger partial charge < -0.3 is 9.47 Å². The highest BCUT2D eigenvalue weighted by atomic mass is 16.5. The van der Waals surface area contributed by atoms with Gasteiger partial charge >= 0.3 is 11.9 Å². The van der Waals surface area contributed by atoms with Crippen LogP contribution >= 0.6 is 0 Å². The fourth-order valence-corrected chi connectivity index (χ4v) is 2.70. The van der Waals surface area contributed by atoms with E-state index in [1.54, 1.807) is 0 Å². The van der Waals surface area contributed by atoms with Crippen LogP contribution in [0.2, 0.25) is 0 Å². The quantitative estimate of drug-likeness (QED) is 0.779. The molecule has 1 heterocycles. The molecule has 6 heteroatoms. The first-order chi connectivity index (χ1) is 10.2. The highest BCUT2D eigenvalue weighted by molar-refractivity contribution is 5.87. The summed E-state index contributed by atoms with van der Waals surface area (Å²) in [6.45, 7) is 0. The first-order valence-corrected chi connectivity index (χ1v) is 6.58. The largest absolute Gasteiger partial charge is 0.469 e. The Kier molecular flexibility index (Phi) is 3.29. The summed E-state index contributed by atoms with van der Waals surface area (Å²) in [7, 11) is 2.64. The lowest BCUT2D eigenvalue weighted by molar-refractivity contribution is -0.144. The third-order valence-electron chi connectivity index (χ3n) is 3.73. The molecule has 2 unspecified atom stereocenters. The average molecular weight is 286 g/mol. The highest BCUT2D eigenvalue weighted by Gasteiger charge is 2.43. The Hall–Kier alpha value is -2.50. The lowest BCUT2D eigenvalue weighted by atomic mass is 10.0. The molecule has 1 aliphatic rings. The number of hydrogen-bond donors (Lipinski definition) is 0. The first kappa shape index (κ1) is 13.5. The molecule has 2 aromatic rings. The van der Waals surface area contributed by atoms with Crippen molar-refractivity contribution in [1.29, 1.82) is 0 Å². The van der Waals surface area contributed by atoms with Crippen LogP contribution in [0, 0.1) is 0 Å². The minimum Gasteiger partial charge on any atom is -0.469 e. The van der Waals surface area contributed by atoms with E-state index in [0.717, 1.165) is 0 Å². The molecule has 0 bridgehead atoms. The molecule has 0 spiro atoms. The van der Waals surface area contributed by atoms with Gasteiger partial charge in [0.1, 0.15) is 11.8 Å². The van der Waals surface area contributed by atoms with Crippen LogP contribution in [0.15, 0.2) is 24.3 Å². The van der Waals surface area contributed by atoms with Gasteiger partial charge in [-0.25, -0.2) is 9.97 Å². The number of carbonyl (C=O) groups excluding carboxylic acids is 2. The summed E-state index contributed by atoms with van der Waals surface area (Å²) in [5.74, 6) is -1.98. The molecule has 6 nitrogen and oxygen atoms in total. The van der Waals surface area contributed by atoms with Gasteiger partial charge in [0.15, 0.2) is 0 Å². The fraction of sp³-hybridized carbons (Fsp3) is 0.333. The minimum absolute atomic E-state index is 0.283. The third-order valence-corrected chi connectivity index (χ3v) is 3.73. The number of hydrogen-bond acceptors (Lipinski definition) is 6. The number of rotatable bonds is 2. The van der Waals surface area contributed by atoms with Gasteiger partial charge in [0, 0.05) is 0 Å². The molecule has 0 N–H and O–H groups in total. The summed E-state index contributed by atoms with van der Waals surface area (Å²) in [5, 5.41) is 0. The van der Waals surface area contributed by atoms with Crippen LogP contribution in [0.3, 0.4) is 0 Å². The normalized spacial score (nSPS) is 20.1. The highest BCUT2D eigenvalue weighted by Crippen LogP contribution is 2.41. The van der Waals surface area contributed by atoms with Crippen molar-refractivity contribution < 1.29 is 19.1 Å². The Morgan fingerprint density at radius 1 is 0.952 bits per heavy atom. The average Bonchev–Trinajstić information content (AvgIpc) is 2.89. The molecule has 0 saturated heterocycles. The molecular weight excluding hydrogens is 272 g/mol. The van der Waals surface area contributed by atoms with Crippen molar-refractivity contribution in [1.82, 2.24) is 9.97 Å². The Morgan fingerprint density at radius 2 is 1.38 bits per heavy atom. The SMILES string of the molecule is COC(=O)C1CC(C(=O)OC)c2nc3ccccc3nc21. The molecule has 0 saturated carbocycles. The lowest BCUT2D eigenvalue weighted by Crippen LogP contribution is -2.15. The van der Waals surface area contributed by atoms with Crippen molar-refractivity contribution in [3.8, 4) is 0 Å². The minimum atomic E-state index is -0.578. The number of carbonyl (C=O) groups is 2. The van der Waals surface area contributed by atoms with E-state index in [2.05, 4.69) is 9.97 Å². The number of ether oxygens (including phenoxy) is 2. The maximum absolute atomic E-state index is 11.9. The summed E-state index contributed by atoms with van der Waals surface area (Å²) in [4.78, 5) is 32.9. The number of nitrogens with zero attached hydrogens (tertiary/aromatic N) is 2. The fourth-order valence-electron chi connectivity index (χ4n) is 2.70. The second-order valence-electron chi connectivity index (χ2n) is 4.87. The van der Waals surface area contributed by atoms with E-state index in [9.17, 15) is 9.59 Å². The van der Waals surface area contributed by atoms with Crippen LogP contribution in [0.25, 0.3) is 11.0 Å². The summed E-state index contributed by atoms with van der Waals surface area (Å²) in [5.41, 5.74) is 2.40. The van der Waals surface area contributed by atoms with Gasteiger partial charge in [-0.2, -0.15) is 0 Å². The van der Waals surface area contributed by atoms with Crippen LogP contribution in [0.4, 0.5) is 0 Å². The van der Waals surface area contributed by atoms with Crippen molar-refractivity contribution in [2.75, 3.05) is 14.2 Å². The predicted octanol–water partition coefficient (Wildman–Crippen LogP) is 1.55. The third kappa shape index (κ3) is 2.12. The Bertz CT molecular complexity index is 668. The Labute approximate surface area is 121 Å². The molecule has 1 aromatic carbocycles. The van der Waals surface area contributed by atoms with Gasteiger partial charge in [-0.1, -0.05) is 12.1 Å². The van der Waals surface area contributed by atoms with Crippen molar-refractivity contribution >= 4 is 23.0 Å². The van der Waals surface area contributed by atoms with Gasteiger partial charge in [0.2, 0.25) is 0 Å². The lowest BCUT2D eigenvalue weighted by Gasteiger charge is -2.08. The van der Waals surface area contributed by atoms with E-state index in [4.69, 9.17) is 9.47 Å². The van der Waals surface area contributed by atoms with E-state index in [1.165, 1.54) is 14.2 Å². The molecule has 3 rings (SSSR count). The van der Waals surface area contributed by atoms with Crippen LogP contribution in [-0.2, 0) is 19.1 Å². The van der Waals surface area contributed by atoms with E-state index in [-0.39, 0.29) is 6.42 Å². The molecular formula is C15H14N2O4. The van der Waals surface area contributed by atoms with Crippen LogP contribution in [0.1, 0.15) is 29.6 Å². The van der Waals surface area contributed by atoms with Gasteiger partial charge in [-0.15, -0.1) is 0 Å². The van der Waals surface area contributed by atoms with E-state index < -0.39 is 23.8 Å². The molecule has 21 heavy (non-hydrogen) atoms. The van der Waals surface area contributed by atoms with Gasteiger partial charge in [-0.05, 0) is 18.6 Å². The predicted molar refractivity (Wildman–Crippen MR) is 73.7 cm³/mol. The Balaban J connectivity index is 2.18. The maximum Gasteiger partial charge on any atom is 0.314 e. The number of methoxy groups -OCH3 is 2. The van der Waals surface area contributed by atoms with Crippen molar-refractivity contribution in [3.05, 3.63) is 35.7 Å². The smallest absolute Gasteiger partial charge is 0.314 e. The molecule has 1 aromatic heterocycles. The number of benzene rings is 1. The number of para-hydroxylation sites is 2. The zero-order valence-corrected chi connectivity index (χ0v) is 11.7. The summed E-state index contributed by atoms with van der Waals surface area (Å²) >= 11 is 0. The van der Waals surface area contributed by atoms with Crippen molar-refractivity contribution in [3.63, 3.8) is 0 Å². The molecule has 0 amide bonds. The summed E-state index contributed by atoms with van der Waals surface area (Å²) in [6.07, 6.45) is 0.283. The molecule has 108 valence electrons. The second-order valence-corrected chi connectivity index (χ2v) is 4.87. The van der Waals surface area contributed by atoms with Crippen LogP contribution < -0.4 is 0 Å². The molecule has 0 aliphatic heterocycles. The summed E-state index contributed by atoms with van der Waals surface area (Å²) < 4.78 is 9.61. The molecule has 0 fully saturated rings. The van der Waals surface area contributed by atoms with Crippen LogP contribution in [-0.4, -0.2) is 36.1 Å². The van der Waals surface area contributed by atoms with E-state index in [0.29, 0.717) is 22.4 Å². The zero-order valence-electron chi connectivity index (χ0n) is 11.7. The van der Waals surface area contributed by atoms with Crippen molar-refractivity contribution in [2.24, 2.45) is 0 Å². The topological polar surface area (TPSA) is 78.4 Å². The zero-order chi connectivity index (χ0) is 15.0. The Morgan fingerprint density at radius 3 is 1.76 bits per heavy atom. The maximum atomic E-state index is 11.9. The van der Waals surface area contributed by atoms with Gasteiger partial charge in [0.05, 0.1) is 36.6 Å². The monoisotopic (exact) mass is 286 g/mol. The van der Waals surface area contributed by atoms with Gasteiger partial charge in [0.25, 0.3) is 0 Å². The number of fused-ring (bicyclic) bond motifs is 2.